The zero-order valence-corrected chi connectivity index (χ0v) is 14.8. The first-order valence-corrected chi connectivity index (χ1v) is 8.49. The number of benzene rings is 2. The van der Waals surface area contributed by atoms with Gasteiger partial charge in [-0.1, -0.05) is 24.3 Å². The van der Waals surface area contributed by atoms with Gasteiger partial charge in [0.2, 0.25) is 5.62 Å². The van der Waals surface area contributed by atoms with Gasteiger partial charge in [-0.15, -0.1) is 0 Å². The number of hydrogen-bond donors (Lipinski definition) is 2. The summed E-state index contributed by atoms with van der Waals surface area (Å²) in [6.07, 6.45) is 4.65. The molecule has 2 heterocycles. The number of pyridine rings is 1. The molecule has 0 spiro atoms. The van der Waals surface area contributed by atoms with E-state index in [0.717, 1.165) is 34.1 Å². The maximum absolute atomic E-state index is 8.23. The molecule has 0 amide bonds. The van der Waals surface area contributed by atoms with Crippen LogP contribution in [0.5, 0.6) is 0 Å². The van der Waals surface area contributed by atoms with Crippen molar-refractivity contribution in [3.05, 3.63) is 78.7 Å². The van der Waals surface area contributed by atoms with E-state index in [4.69, 9.17) is 10.8 Å². The van der Waals surface area contributed by atoms with Gasteiger partial charge in [-0.25, -0.2) is 0 Å². The molecule has 0 bridgehead atoms. The zero-order chi connectivity index (χ0) is 18.8. The minimum absolute atomic E-state index is 0.0203. The summed E-state index contributed by atoms with van der Waals surface area (Å²) in [4.78, 5) is 10.5. The number of rotatable bonds is 4. The largest absolute Gasteiger partial charge is 0.329 e. The Morgan fingerprint density at radius 1 is 0.963 bits per heavy atom. The summed E-state index contributed by atoms with van der Waals surface area (Å²) in [5.41, 5.74) is 3.85. The van der Waals surface area contributed by atoms with Gasteiger partial charge < -0.3 is 4.90 Å². The van der Waals surface area contributed by atoms with E-state index in [-0.39, 0.29) is 5.62 Å². The van der Waals surface area contributed by atoms with Gasteiger partial charge in [-0.2, -0.15) is 4.98 Å². The van der Waals surface area contributed by atoms with Crippen LogP contribution in [0, 0.1) is 10.8 Å². The van der Waals surface area contributed by atoms with Crippen molar-refractivity contribution in [1.82, 2.24) is 14.5 Å². The van der Waals surface area contributed by atoms with Crippen molar-refractivity contribution < 1.29 is 0 Å². The molecule has 2 aromatic carbocycles. The van der Waals surface area contributed by atoms with Gasteiger partial charge >= 0.3 is 0 Å². The van der Waals surface area contributed by atoms with E-state index in [1.54, 1.807) is 12.4 Å². The van der Waals surface area contributed by atoms with E-state index in [1.807, 2.05) is 72.6 Å². The summed E-state index contributed by atoms with van der Waals surface area (Å²) in [5, 5.41) is 16.8. The SMILES string of the molecule is CN(c1ccccc1)c1nc(=N)n(C=N)c2ccc(-c3ccncc3)cc12. The van der Waals surface area contributed by atoms with Crippen LogP contribution in [0.2, 0.25) is 0 Å². The fraction of sp³-hybridized carbons (Fsp3) is 0.0476. The lowest BCUT2D eigenvalue weighted by atomic mass is 10.0. The van der Waals surface area contributed by atoms with Gasteiger partial charge in [-0.3, -0.25) is 20.4 Å². The molecule has 0 unspecified atom stereocenters. The molecule has 0 atom stereocenters. The molecule has 4 rings (SSSR count). The van der Waals surface area contributed by atoms with Crippen molar-refractivity contribution in [2.45, 2.75) is 0 Å². The summed E-state index contributed by atoms with van der Waals surface area (Å²) < 4.78 is 1.47. The number of fused-ring (bicyclic) bond motifs is 1. The Labute approximate surface area is 156 Å². The van der Waals surface area contributed by atoms with Crippen molar-refractivity contribution in [2.75, 3.05) is 11.9 Å². The normalized spacial score (nSPS) is 10.7. The number of para-hydroxylation sites is 1. The third-order valence-electron chi connectivity index (χ3n) is 4.54. The van der Waals surface area contributed by atoms with Gasteiger partial charge in [-0.05, 0) is 47.5 Å². The lowest BCUT2D eigenvalue weighted by Crippen LogP contribution is -2.26. The Kier molecular flexibility index (Phi) is 4.22. The highest BCUT2D eigenvalue weighted by atomic mass is 15.2. The van der Waals surface area contributed by atoms with Crippen molar-refractivity contribution in [1.29, 1.82) is 10.8 Å². The third-order valence-corrected chi connectivity index (χ3v) is 4.54. The summed E-state index contributed by atoms with van der Waals surface area (Å²) in [6, 6.07) is 19.8. The van der Waals surface area contributed by atoms with Crippen LogP contribution in [0.25, 0.3) is 22.0 Å². The second-order valence-corrected chi connectivity index (χ2v) is 6.12. The van der Waals surface area contributed by atoms with Gasteiger partial charge in [0.05, 0.1) is 11.9 Å². The summed E-state index contributed by atoms with van der Waals surface area (Å²) in [7, 11) is 1.93. The van der Waals surface area contributed by atoms with Crippen molar-refractivity contribution in [3.8, 4) is 11.1 Å². The Balaban J connectivity index is 1.99. The third kappa shape index (κ3) is 2.97. The molecule has 0 fully saturated rings. The summed E-state index contributed by atoms with van der Waals surface area (Å²) in [5.74, 6) is 0.676. The highest BCUT2D eigenvalue weighted by Gasteiger charge is 2.14. The molecular formula is C21H18N6. The zero-order valence-electron chi connectivity index (χ0n) is 14.8. The van der Waals surface area contributed by atoms with Crippen molar-refractivity contribution >= 4 is 28.7 Å². The maximum atomic E-state index is 8.23. The predicted octanol–water partition coefficient (Wildman–Crippen LogP) is 3.80. The molecule has 0 aliphatic rings. The van der Waals surface area contributed by atoms with Gasteiger partial charge in [0.1, 0.15) is 5.82 Å². The van der Waals surface area contributed by atoms with Gasteiger partial charge in [0, 0.05) is 30.5 Å². The number of aromatic nitrogens is 3. The number of anilines is 2. The Bertz CT molecular complexity index is 1170. The Hall–Kier alpha value is -3.80. The number of nitrogens with one attached hydrogen (secondary N) is 2. The standard InChI is InChI=1S/C21H18N6/c1-26(17-5-3-2-4-6-17)20-18-13-16(15-9-11-24-12-10-15)7-8-19(18)27(14-22)21(23)25-20/h2-14,22-23H,1H3. The second kappa shape index (κ2) is 6.84. The van der Waals surface area contributed by atoms with Crippen molar-refractivity contribution in [3.63, 3.8) is 0 Å². The minimum Gasteiger partial charge on any atom is -0.329 e. The van der Waals surface area contributed by atoms with Crippen LogP contribution in [0.3, 0.4) is 0 Å². The van der Waals surface area contributed by atoms with Crippen LogP contribution in [0.15, 0.2) is 73.1 Å². The van der Waals surface area contributed by atoms with Crippen LogP contribution in [0.4, 0.5) is 11.5 Å². The second-order valence-electron chi connectivity index (χ2n) is 6.12. The smallest absolute Gasteiger partial charge is 0.229 e. The molecule has 2 aromatic heterocycles. The molecular weight excluding hydrogens is 336 g/mol. The monoisotopic (exact) mass is 354 g/mol. The predicted molar refractivity (Wildman–Crippen MR) is 108 cm³/mol. The average Bonchev–Trinajstić information content (AvgIpc) is 2.73. The highest BCUT2D eigenvalue weighted by Crippen LogP contribution is 2.31. The molecule has 0 aliphatic carbocycles. The molecule has 4 aromatic rings. The number of nitrogens with zero attached hydrogens (tertiary/aromatic N) is 4. The van der Waals surface area contributed by atoms with E-state index in [1.165, 1.54) is 4.57 Å². The Morgan fingerprint density at radius 3 is 2.41 bits per heavy atom. The lowest BCUT2D eigenvalue weighted by molar-refractivity contribution is 0.915. The molecule has 6 heteroatoms. The molecule has 0 radical (unpaired) electrons. The molecule has 0 saturated carbocycles. The fourth-order valence-electron chi connectivity index (χ4n) is 3.14. The number of hydrogen-bond acceptors (Lipinski definition) is 5. The topological polar surface area (TPSA) is 81.7 Å². The minimum atomic E-state index is 0.0203. The first kappa shape index (κ1) is 16.7. The molecule has 6 nitrogen and oxygen atoms in total. The van der Waals surface area contributed by atoms with Crippen LogP contribution in [-0.2, 0) is 0 Å². The highest BCUT2D eigenvalue weighted by molar-refractivity contribution is 5.96. The van der Waals surface area contributed by atoms with E-state index in [9.17, 15) is 0 Å². The van der Waals surface area contributed by atoms with Gasteiger partial charge in [0.25, 0.3) is 0 Å². The van der Waals surface area contributed by atoms with Crippen LogP contribution in [-0.4, -0.2) is 27.9 Å². The molecule has 0 saturated heterocycles. The van der Waals surface area contributed by atoms with Gasteiger partial charge in [0.15, 0.2) is 0 Å². The Morgan fingerprint density at radius 2 is 1.70 bits per heavy atom. The van der Waals surface area contributed by atoms with E-state index < -0.39 is 0 Å². The summed E-state index contributed by atoms with van der Waals surface area (Å²) in [6.45, 7) is 0. The molecule has 132 valence electrons. The maximum Gasteiger partial charge on any atom is 0.229 e. The van der Waals surface area contributed by atoms with Crippen LogP contribution in [0.1, 0.15) is 0 Å². The van der Waals surface area contributed by atoms with E-state index >= 15 is 0 Å². The van der Waals surface area contributed by atoms with Crippen molar-refractivity contribution in [2.24, 2.45) is 0 Å². The lowest BCUT2D eigenvalue weighted by Gasteiger charge is -2.21. The first-order chi connectivity index (χ1) is 13.2. The fourth-order valence-corrected chi connectivity index (χ4v) is 3.14. The van der Waals surface area contributed by atoms with Crippen LogP contribution >= 0.6 is 0 Å². The van der Waals surface area contributed by atoms with Crippen LogP contribution < -0.4 is 10.5 Å². The van der Waals surface area contributed by atoms with E-state index in [2.05, 4.69) is 9.97 Å². The van der Waals surface area contributed by atoms with E-state index in [0.29, 0.717) is 5.82 Å². The quantitative estimate of drug-likeness (QED) is 0.432. The molecule has 0 aliphatic heterocycles. The molecule has 2 N–H and O–H groups in total. The summed E-state index contributed by atoms with van der Waals surface area (Å²) >= 11 is 0. The average molecular weight is 354 g/mol. The first-order valence-electron chi connectivity index (χ1n) is 8.49. The molecule has 27 heavy (non-hydrogen) atoms.